The van der Waals surface area contributed by atoms with E-state index in [-0.39, 0.29) is 58.0 Å². The Morgan fingerprint density at radius 2 is 0.758 bits per heavy atom. The number of carbonyl (C=O) groups excluding carboxylic acids is 4. The Morgan fingerprint density at radius 1 is 0.439 bits per heavy atom. The van der Waals surface area contributed by atoms with Gasteiger partial charge < -0.3 is 28.4 Å². The van der Waals surface area contributed by atoms with E-state index in [9.17, 15) is 19.2 Å². The maximum Gasteiger partial charge on any atom is 0.163 e. The van der Waals surface area contributed by atoms with Crippen LogP contribution in [0.15, 0.2) is 106 Å². The van der Waals surface area contributed by atoms with Crippen LogP contribution in [0.3, 0.4) is 0 Å². The molecule has 9 rings (SSSR count). The zero-order valence-electron chi connectivity index (χ0n) is 40.1. The van der Waals surface area contributed by atoms with E-state index in [0.717, 1.165) is 22.3 Å². The highest BCUT2D eigenvalue weighted by Crippen LogP contribution is 2.56. The number of allylic oxidation sites excluding steroid dienone is 8. The number of hydrogen-bond donors (Lipinski definition) is 0. The molecule has 6 aliphatic rings. The van der Waals surface area contributed by atoms with Crippen molar-refractivity contribution in [2.24, 2.45) is 21.7 Å². The number of Topliss-reactive ketones (excluding diaryl/α,β-unsaturated/α-hetero) is 4. The number of carbonyl (C=O) groups is 4. The number of rotatable bonds is 10. The molecule has 0 aromatic heterocycles. The molecule has 3 aromatic rings. The summed E-state index contributed by atoms with van der Waals surface area (Å²) in [6.07, 6.45) is 3.95. The average Bonchev–Trinajstić information content (AvgIpc) is 3.21. The molecular weight excluding hydrogens is 833 g/mol. The van der Waals surface area contributed by atoms with Crippen LogP contribution in [0.25, 0.3) is 0 Å². The normalized spacial score (nSPS) is 22.2. The first-order valence-corrected chi connectivity index (χ1v) is 23.2. The highest BCUT2D eigenvalue weighted by Gasteiger charge is 2.50. The second kappa shape index (κ2) is 16.5. The fourth-order valence-electron chi connectivity index (χ4n) is 11.1. The topological polar surface area (TPSA) is 124 Å². The van der Waals surface area contributed by atoms with E-state index >= 15 is 0 Å². The van der Waals surface area contributed by atoms with Gasteiger partial charge in [0.2, 0.25) is 0 Å². The largest absolute Gasteiger partial charge is 0.493 e. The molecule has 346 valence electrons. The molecule has 4 aliphatic carbocycles. The molecule has 0 bridgehead atoms. The van der Waals surface area contributed by atoms with E-state index < -0.39 is 11.8 Å². The van der Waals surface area contributed by atoms with Crippen molar-refractivity contribution >= 4 is 23.1 Å². The summed E-state index contributed by atoms with van der Waals surface area (Å²) in [5.74, 6) is 3.61. The predicted octanol–water partition coefficient (Wildman–Crippen LogP) is 11.7. The minimum absolute atomic E-state index is 0.00523. The first-order valence-electron chi connectivity index (χ1n) is 23.2. The summed E-state index contributed by atoms with van der Waals surface area (Å²) in [5, 5.41) is 0. The fourth-order valence-corrected chi connectivity index (χ4v) is 11.1. The molecule has 0 amide bonds. The summed E-state index contributed by atoms with van der Waals surface area (Å²) in [4.78, 5) is 55.8. The van der Waals surface area contributed by atoms with Crippen molar-refractivity contribution in [1.82, 2.24) is 0 Å². The Labute approximate surface area is 388 Å². The predicted molar refractivity (Wildman–Crippen MR) is 249 cm³/mol. The highest BCUT2D eigenvalue weighted by molar-refractivity contribution is 6.07. The third-order valence-electron chi connectivity index (χ3n) is 14.0. The Hall–Kier alpha value is -5.90. The van der Waals surface area contributed by atoms with Gasteiger partial charge in [-0.25, -0.2) is 0 Å². The second-order valence-electron chi connectivity index (χ2n) is 22.4. The second-order valence-corrected chi connectivity index (χ2v) is 22.4. The van der Waals surface area contributed by atoms with E-state index in [1.165, 1.54) is 0 Å². The molecule has 0 spiro atoms. The highest BCUT2D eigenvalue weighted by atomic mass is 16.5. The van der Waals surface area contributed by atoms with Crippen molar-refractivity contribution in [3.63, 3.8) is 0 Å². The monoisotopic (exact) mass is 894 g/mol. The first-order chi connectivity index (χ1) is 31.1. The molecule has 10 nitrogen and oxygen atoms in total. The Kier molecular flexibility index (Phi) is 11.3. The number of hydrogen-bond acceptors (Lipinski definition) is 10. The smallest absolute Gasteiger partial charge is 0.163 e. The molecule has 0 saturated heterocycles. The third-order valence-corrected chi connectivity index (χ3v) is 14.0. The molecule has 0 N–H and O–H groups in total. The van der Waals surface area contributed by atoms with Crippen molar-refractivity contribution in [2.75, 3.05) is 14.2 Å². The van der Waals surface area contributed by atoms with E-state index in [0.29, 0.717) is 120 Å². The number of ketones is 4. The molecule has 0 atom stereocenters. The van der Waals surface area contributed by atoms with Crippen LogP contribution < -0.4 is 18.9 Å². The van der Waals surface area contributed by atoms with Gasteiger partial charge in [-0.2, -0.15) is 0 Å². The van der Waals surface area contributed by atoms with Gasteiger partial charge in [-0.1, -0.05) is 85.7 Å². The zero-order chi connectivity index (χ0) is 47.1. The van der Waals surface area contributed by atoms with Crippen molar-refractivity contribution in [2.45, 2.75) is 132 Å². The number of methoxy groups -OCH3 is 2. The van der Waals surface area contributed by atoms with Gasteiger partial charge in [0.15, 0.2) is 46.1 Å². The lowest BCUT2D eigenvalue weighted by Gasteiger charge is -2.42. The Morgan fingerprint density at radius 3 is 1.06 bits per heavy atom. The summed E-state index contributed by atoms with van der Waals surface area (Å²) in [6.45, 7) is 17.1. The van der Waals surface area contributed by atoms with Crippen LogP contribution in [-0.2, 0) is 41.9 Å². The fraction of sp³-hybridized carbons (Fsp3) is 0.464. The third kappa shape index (κ3) is 8.64. The summed E-state index contributed by atoms with van der Waals surface area (Å²) in [7, 11) is 3.18. The summed E-state index contributed by atoms with van der Waals surface area (Å²) in [5.41, 5.74) is 4.60. The van der Waals surface area contributed by atoms with Gasteiger partial charge in [0.05, 0.1) is 14.2 Å². The van der Waals surface area contributed by atoms with Crippen LogP contribution in [0.5, 0.6) is 23.0 Å². The van der Waals surface area contributed by atoms with E-state index in [1.807, 2.05) is 60.7 Å². The molecule has 0 fully saturated rings. The van der Waals surface area contributed by atoms with Crippen LogP contribution in [0, 0.1) is 21.7 Å². The van der Waals surface area contributed by atoms with Crippen molar-refractivity contribution in [3.05, 3.63) is 128 Å². The lowest BCUT2D eigenvalue weighted by molar-refractivity contribution is -0.122. The van der Waals surface area contributed by atoms with Gasteiger partial charge in [0.25, 0.3) is 0 Å². The molecule has 10 heteroatoms. The molecule has 2 aliphatic heterocycles. The SMILES string of the molecule is COc1ccc(C2C3=C(CC(C)(C)CC3=O)OC3=C2C(=O)CC(C)(C)C3)cc1OCc1cccc(COc2cc(C3C4=C(CC(C)(C)CC4=O)OC4=C3C(=O)CC(C)(C)C4)ccc2OC)c1. The van der Waals surface area contributed by atoms with Crippen molar-refractivity contribution in [3.8, 4) is 23.0 Å². The molecule has 66 heavy (non-hydrogen) atoms. The van der Waals surface area contributed by atoms with E-state index in [4.69, 9.17) is 28.4 Å². The van der Waals surface area contributed by atoms with Crippen LogP contribution in [0.1, 0.15) is 141 Å². The molecule has 0 radical (unpaired) electrons. The number of benzene rings is 3. The summed E-state index contributed by atoms with van der Waals surface area (Å²) < 4.78 is 37.6. The average molecular weight is 895 g/mol. The molecule has 3 aromatic carbocycles. The van der Waals surface area contributed by atoms with Crippen LogP contribution in [-0.4, -0.2) is 37.4 Å². The van der Waals surface area contributed by atoms with Gasteiger partial charge in [-0.15, -0.1) is 0 Å². The lowest BCUT2D eigenvalue weighted by atomic mass is 9.65. The Balaban J connectivity index is 0.974. The summed E-state index contributed by atoms with van der Waals surface area (Å²) >= 11 is 0. The minimum Gasteiger partial charge on any atom is -0.493 e. The van der Waals surface area contributed by atoms with Crippen molar-refractivity contribution in [1.29, 1.82) is 0 Å². The standard InChI is InChI=1S/C56H62O10/c1-53(2)21-35(57)49-43(25-53)65-44-26-54(3,4)22-36(58)50(44)47(49)33-14-16-39(61-9)41(19-33)63-29-31-12-11-13-32(18-31)30-64-42-20-34(15-17-40(42)62-10)48-51-37(59)23-55(5,6)27-45(51)66-46-28-56(7,8)24-38(60)52(46)48/h11-20,47-48H,21-30H2,1-10H3. The van der Waals surface area contributed by atoms with Gasteiger partial charge in [0.1, 0.15) is 36.3 Å². The van der Waals surface area contributed by atoms with Gasteiger partial charge in [-0.3, -0.25) is 19.2 Å². The van der Waals surface area contributed by atoms with Crippen LogP contribution in [0.4, 0.5) is 0 Å². The minimum atomic E-state index is -0.560. The van der Waals surface area contributed by atoms with Crippen LogP contribution in [0.2, 0.25) is 0 Å². The maximum atomic E-state index is 13.9. The quantitative estimate of drug-likeness (QED) is 0.194. The zero-order valence-corrected chi connectivity index (χ0v) is 40.1. The summed E-state index contributed by atoms with van der Waals surface area (Å²) in [6, 6.07) is 19.2. The number of ether oxygens (including phenoxy) is 6. The van der Waals surface area contributed by atoms with Crippen LogP contribution >= 0.6 is 0 Å². The molecule has 2 heterocycles. The maximum absolute atomic E-state index is 13.9. The van der Waals surface area contributed by atoms with Gasteiger partial charge >= 0.3 is 0 Å². The lowest BCUT2D eigenvalue weighted by Crippen LogP contribution is -2.37. The molecule has 0 saturated carbocycles. The molecule has 0 unspecified atom stereocenters. The van der Waals surface area contributed by atoms with Crippen molar-refractivity contribution < 1.29 is 47.6 Å². The molecular formula is C56H62O10. The Bertz CT molecular complexity index is 2430. The van der Waals surface area contributed by atoms with Gasteiger partial charge in [0, 0.05) is 85.5 Å². The van der Waals surface area contributed by atoms with E-state index in [2.05, 4.69) is 55.4 Å². The van der Waals surface area contributed by atoms with E-state index in [1.54, 1.807) is 14.2 Å². The first kappa shape index (κ1) is 45.3. The van der Waals surface area contributed by atoms with Gasteiger partial charge in [-0.05, 0) is 74.2 Å².